The minimum Gasteiger partial charge on any atom is -0.493 e. The van der Waals surface area contributed by atoms with Gasteiger partial charge in [-0.3, -0.25) is 25.2 Å². The van der Waals surface area contributed by atoms with Gasteiger partial charge in [-0.05, 0) is 48.9 Å². The molecule has 4 rings (SSSR count). The number of aryl methyl sites for hydroxylation is 1. The van der Waals surface area contributed by atoms with E-state index >= 15 is 0 Å². The molecule has 0 radical (unpaired) electrons. The van der Waals surface area contributed by atoms with Crippen LogP contribution in [0.3, 0.4) is 0 Å². The number of hydrogen-bond acceptors (Lipinski definition) is 6. The zero-order chi connectivity index (χ0) is 25.8. The highest BCUT2D eigenvalue weighted by Crippen LogP contribution is 2.41. The maximum absolute atomic E-state index is 12.7. The Morgan fingerprint density at radius 1 is 0.833 bits per heavy atom. The topological polar surface area (TPSA) is 106 Å². The van der Waals surface area contributed by atoms with Gasteiger partial charge in [0.1, 0.15) is 4.88 Å². The lowest BCUT2D eigenvalue weighted by atomic mass is 10.1. The van der Waals surface area contributed by atoms with E-state index in [1.807, 2.05) is 19.1 Å². The van der Waals surface area contributed by atoms with E-state index in [4.69, 9.17) is 21.1 Å². The van der Waals surface area contributed by atoms with Gasteiger partial charge in [0.2, 0.25) is 0 Å². The van der Waals surface area contributed by atoms with E-state index in [0.717, 1.165) is 21.6 Å². The molecule has 3 amide bonds. The molecule has 36 heavy (non-hydrogen) atoms. The first-order valence-electron chi connectivity index (χ1n) is 10.7. The van der Waals surface area contributed by atoms with E-state index in [0.29, 0.717) is 33.7 Å². The lowest BCUT2D eigenvalue weighted by Gasteiger charge is -2.09. The fourth-order valence-corrected chi connectivity index (χ4v) is 4.93. The van der Waals surface area contributed by atoms with Gasteiger partial charge in [-0.2, -0.15) is 0 Å². The molecule has 0 fully saturated rings. The van der Waals surface area contributed by atoms with Gasteiger partial charge in [-0.15, -0.1) is 11.3 Å². The van der Waals surface area contributed by atoms with Crippen LogP contribution in [0.25, 0.3) is 10.1 Å². The second-order valence-electron chi connectivity index (χ2n) is 7.70. The molecular weight excluding hydrogens is 502 g/mol. The number of amides is 3. The number of hydrogen-bond donors (Lipinski definition) is 3. The third-order valence-electron chi connectivity index (χ3n) is 5.42. The molecule has 0 atom stereocenters. The summed E-state index contributed by atoms with van der Waals surface area (Å²) < 4.78 is 11.3. The Bertz CT molecular complexity index is 1470. The number of hydrazine groups is 1. The summed E-state index contributed by atoms with van der Waals surface area (Å²) in [5, 5.41) is 3.69. The average Bonchev–Trinajstić information content (AvgIpc) is 3.22. The van der Waals surface area contributed by atoms with Crippen molar-refractivity contribution in [2.24, 2.45) is 0 Å². The highest BCUT2D eigenvalue weighted by Gasteiger charge is 2.20. The summed E-state index contributed by atoms with van der Waals surface area (Å²) in [6, 6.07) is 17.0. The summed E-state index contributed by atoms with van der Waals surface area (Å²) >= 11 is 7.59. The third-order valence-corrected chi connectivity index (χ3v) is 7.08. The van der Waals surface area contributed by atoms with Crippen molar-refractivity contribution >= 4 is 56.4 Å². The first-order valence-corrected chi connectivity index (χ1v) is 11.9. The minimum atomic E-state index is -0.561. The first-order chi connectivity index (χ1) is 17.3. The molecular formula is C26H22ClN3O5S. The SMILES string of the molecule is COc1cc2sc(C(=O)NNC(=O)c3ccc(NC(=O)c4ccccc4C)cc3)c(Cl)c2cc1OC. The second kappa shape index (κ2) is 10.7. The van der Waals surface area contributed by atoms with Crippen molar-refractivity contribution in [2.45, 2.75) is 6.92 Å². The Hall–Kier alpha value is -4.08. The van der Waals surface area contributed by atoms with Gasteiger partial charge in [0.05, 0.1) is 19.2 Å². The summed E-state index contributed by atoms with van der Waals surface area (Å²) in [7, 11) is 3.03. The number of carbonyl (C=O) groups is 3. The molecule has 3 aromatic carbocycles. The van der Waals surface area contributed by atoms with Gasteiger partial charge in [-0.1, -0.05) is 29.8 Å². The van der Waals surface area contributed by atoms with E-state index in [1.54, 1.807) is 48.5 Å². The highest BCUT2D eigenvalue weighted by atomic mass is 35.5. The highest BCUT2D eigenvalue weighted by molar-refractivity contribution is 7.21. The normalized spacial score (nSPS) is 10.6. The van der Waals surface area contributed by atoms with E-state index in [1.165, 1.54) is 14.2 Å². The molecule has 0 saturated heterocycles. The molecule has 1 aromatic heterocycles. The standard InChI is InChI=1S/C26H22ClN3O5S/c1-14-6-4-5-7-17(14)25(32)28-16-10-8-15(9-11-16)24(31)29-30-26(33)23-22(27)18-12-19(34-2)20(35-3)13-21(18)36-23/h4-13H,1-3H3,(H,28,32)(H,29,31)(H,30,33). The van der Waals surface area contributed by atoms with Crippen molar-refractivity contribution in [3.05, 3.63) is 87.3 Å². The molecule has 3 N–H and O–H groups in total. The molecule has 0 aliphatic rings. The molecule has 1 heterocycles. The quantitative estimate of drug-likeness (QED) is 0.301. The van der Waals surface area contributed by atoms with Gasteiger partial charge < -0.3 is 14.8 Å². The van der Waals surface area contributed by atoms with Crippen LogP contribution < -0.4 is 25.6 Å². The van der Waals surface area contributed by atoms with Crippen molar-refractivity contribution in [3.8, 4) is 11.5 Å². The van der Waals surface area contributed by atoms with Crippen molar-refractivity contribution in [2.75, 3.05) is 19.5 Å². The largest absolute Gasteiger partial charge is 0.493 e. The van der Waals surface area contributed by atoms with Crippen LogP contribution in [0.15, 0.2) is 60.7 Å². The van der Waals surface area contributed by atoms with Gasteiger partial charge in [0.25, 0.3) is 17.7 Å². The maximum atomic E-state index is 12.7. The first kappa shape index (κ1) is 25.0. The monoisotopic (exact) mass is 523 g/mol. The number of fused-ring (bicyclic) bond motifs is 1. The molecule has 4 aromatic rings. The number of benzene rings is 3. The zero-order valence-corrected chi connectivity index (χ0v) is 21.2. The molecule has 0 spiro atoms. The van der Waals surface area contributed by atoms with Crippen molar-refractivity contribution < 1.29 is 23.9 Å². The summed E-state index contributed by atoms with van der Waals surface area (Å²) in [6.07, 6.45) is 0. The van der Waals surface area contributed by atoms with Gasteiger partial charge in [0.15, 0.2) is 11.5 Å². The van der Waals surface area contributed by atoms with E-state index in [-0.39, 0.29) is 15.8 Å². The molecule has 0 saturated carbocycles. The summed E-state index contributed by atoms with van der Waals surface area (Å²) in [5.41, 5.74) is 7.02. The van der Waals surface area contributed by atoms with Crippen molar-refractivity contribution in [1.82, 2.24) is 10.9 Å². The predicted molar refractivity (Wildman–Crippen MR) is 140 cm³/mol. The predicted octanol–water partition coefficient (Wildman–Crippen LogP) is 5.21. The summed E-state index contributed by atoms with van der Waals surface area (Å²) in [4.78, 5) is 37.9. The van der Waals surface area contributed by atoms with E-state index < -0.39 is 11.8 Å². The fraction of sp³-hybridized carbons (Fsp3) is 0.115. The minimum absolute atomic E-state index is 0.233. The number of carbonyl (C=O) groups excluding carboxylic acids is 3. The number of methoxy groups -OCH3 is 2. The van der Waals surface area contributed by atoms with Crippen LogP contribution in [0.4, 0.5) is 5.69 Å². The van der Waals surface area contributed by atoms with Crippen LogP contribution in [0.1, 0.15) is 36.0 Å². The fourth-order valence-electron chi connectivity index (χ4n) is 3.51. The van der Waals surface area contributed by atoms with E-state index in [2.05, 4.69) is 16.2 Å². The number of ether oxygens (including phenoxy) is 2. The van der Waals surface area contributed by atoms with Crippen LogP contribution in [0.2, 0.25) is 5.02 Å². The summed E-state index contributed by atoms with van der Waals surface area (Å²) in [6.45, 7) is 1.86. The van der Waals surface area contributed by atoms with Crippen LogP contribution in [0.5, 0.6) is 11.5 Å². The lowest BCUT2D eigenvalue weighted by Crippen LogP contribution is -2.41. The molecule has 0 aliphatic carbocycles. The second-order valence-corrected chi connectivity index (χ2v) is 9.13. The number of halogens is 1. The molecule has 8 nitrogen and oxygen atoms in total. The molecule has 10 heteroatoms. The number of anilines is 1. The van der Waals surface area contributed by atoms with Crippen LogP contribution in [-0.4, -0.2) is 31.9 Å². The van der Waals surface area contributed by atoms with Gasteiger partial charge in [-0.25, -0.2) is 0 Å². The van der Waals surface area contributed by atoms with Crippen molar-refractivity contribution in [1.29, 1.82) is 0 Å². The number of thiophene rings is 1. The maximum Gasteiger partial charge on any atom is 0.281 e. The third kappa shape index (κ3) is 5.12. The Kier molecular flexibility index (Phi) is 7.42. The molecule has 0 unspecified atom stereocenters. The van der Waals surface area contributed by atoms with Crippen LogP contribution in [-0.2, 0) is 0 Å². The molecule has 0 bridgehead atoms. The zero-order valence-electron chi connectivity index (χ0n) is 19.6. The Balaban J connectivity index is 1.40. The molecule has 184 valence electrons. The Labute approximate surface area is 216 Å². The Morgan fingerprint density at radius 3 is 2.14 bits per heavy atom. The van der Waals surface area contributed by atoms with E-state index in [9.17, 15) is 14.4 Å². The Morgan fingerprint density at radius 2 is 1.47 bits per heavy atom. The number of rotatable bonds is 6. The van der Waals surface area contributed by atoms with Gasteiger partial charge in [0, 0.05) is 33.0 Å². The number of nitrogens with one attached hydrogen (secondary N) is 3. The smallest absolute Gasteiger partial charge is 0.281 e. The van der Waals surface area contributed by atoms with Crippen molar-refractivity contribution in [3.63, 3.8) is 0 Å². The van der Waals surface area contributed by atoms with Crippen LogP contribution in [0, 0.1) is 6.92 Å². The van der Waals surface area contributed by atoms with Crippen LogP contribution >= 0.6 is 22.9 Å². The summed E-state index contributed by atoms with van der Waals surface area (Å²) in [5.74, 6) is -0.325. The van der Waals surface area contributed by atoms with Gasteiger partial charge >= 0.3 is 0 Å². The average molecular weight is 524 g/mol. The molecule has 0 aliphatic heterocycles. The lowest BCUT2D eigenvalue weighted by molar-refractivity contribution is 0.0849.